The van der Waals surface area contributed by atoms with Crippen LogP contribution >= 0.6 is 0 Å². The summed E-state index contributed by atoms with van der Waals surface area (Å²) in [7, 11) is -1.97. The average molecular weight is 314 g/mol. The maximum Gasteiger partial charge on any atom is 0.243 e. The van der Waals surface area contributed by atoms with Gasteiger partial charge in [-0.25, -0.2) is 8.42 Å². The summed E-state index contributed by atoms with van der Waals surface area (Å²) >= 11 is 0. The highest BCUT2D eigenvalue weighted by Crippen LogP contribution is 2.21. The van der Waals surface area contributed by atoms with Crippen LogP contribution in [0.25, 0.3) is 0 Å². The lowest BCUT2D eigenvalue weighted by molar-refractivity contribution is 0.103. The van der Waals surface area contributed by atoms with Crippen molar-refractivity contribution in [3.05, 3.63) is 24.3 Å². The first-order valence-electron chi connectivity index (χ1n) is 6.98. The van der Waals surface area contributed by atoms with E-state index in [2.05, 4.69) is 4.90 Å². The molecule has 0 bridgehead atoms. The maximum atomic E-state index is 12.6. The molecule has 1 aromatic carbocycles. The molecule has 1 aromatic rings. The Labute approximate surface area is 126 Å². The van der Waals surface area contributed by atoms with Crippen LogP contribution in [0.1, 0.15) is 6.92 Å². The van der Waals surface area contributed by atoms with Gasteiger partial charge in [0.15, 0.2) is 0 Å². The van der Waals surface area contributed by atoms with Crippen molar-refractivity contribution >= 4 is 10.0 Å². The van der Waals surface area contributed by atoms with Gasteiger partial charge in [0.2, 0.25) is 10.0 Å². The molecule has 1 heterocycles. The van der Waals surface area contributed by atoms with Gasteiger partial charge >= 0.3 is 0 Å². The summed E-state index contributed by atoms with van der Waals surface area (Å²) in [5, 5.41) is 9.38. The smallest absolute Gasteiger partial charge is 0.243 e. The highest BCUT2D eigenvalue weighted by molar-refractivity contribution is 7.89. The van der Waals surface area contributed by atoms with Gasteiger partial charge in [-0.2, -0.15) is 4.31 Å². The van der Waals surface area contributed by atoms with Gasteiger partial charge in [0.1, 0.15) is 5.75 Å². The molecule has 1 saturated heterocycles. The molecule has 0 unspecified atom stereocenters. The van der Waals surface area contributed by atoms with Crippen LogP contribution in [0.2, 0.25) is 0 Å². The van der Waals surface area contributed by atoms with E-state index in [1.54, 1.807) is 25.1 Å². The summed E-state index contributed by atoms with van der Waals surface area (Å²) < 4.78 is 31.7. The zero-order valence-corrected chi connectivity index (χ0v) is 13.2. The minimum atomic E-state index is -3.48. The predicted octanol–water partition coefficient (Wildman–Crippen LogP) is 0.382. The molecule has 1 aliphatic heterocycles. The number of aliphatic hydroxyl groups is 1. The molecule has 0 aromatic heterocycles. The van der Waals surface area contributed by atoms with Crippen molar-refractivity contribution in [2.75, 3.05) is 39.8 Å². The normalized spacial score (nSPS) is 19.4. The van der Waals surface area contributed by atoms with E-state index in [0.717, 1.165) is 0 Å². The lowest BCUT2D eigenvalue weighted by Gasteiger charge is -2.34. The van der Waals surface area contributed by atoms with E-state index < -0.39 is 16.1 Å². The predicted molar refractivity (Wildman–Crippen MR) is 79.9 cm³/mol. The monoisotopic (exact) mass is 314 g/mol. The number of piperazine rings is 1. The lowest BCUT2D eigenvalue weighted by atomic mass is 10.3. The van der Waals surface area contributed by atoms with E-state index in [1.165, 1.54) is 17.5 Å². The minimum Gasteiger partial charge on any atom is -0.497 e. The van der Waals surface area contributed by atoms with Gasteiger partial charge in [-0.1, -0.05) is 6.07 Å². The highest BCUT2D eigenvalue weighted by atomic mass is 32.2. The summed E-state index contributed by atoms with van der Waals surface area (Å²) in [4.78, 5) is 2.33. The van der Waals surface area contributed by atoms with Crippen LogP contribution in [0.5, 0.6) is 5.75 Å². The fraction of sp³-hybridized carbons (Fsp3) is 0.571. The van der Waals surface area contributed by atoms with Gasteiger partial charge in [-0.05, 0) is 19.1 Å². The average Bonchev–Trinajstić information content (AvgIpc) is 2.47. The molecule has 1 atom stereocenters. The van der Waals surface area contributed by atoms with Crippen molar-refractivity contribution in [2.45, 2.75) is 17.9 Å². The Balaban J connectivity index is 2.07. The van der Waals surface area contributed by atoms with Crippen LogP contribution in [0.3, 0.4) is 0 Å². The number of nitrogens with zero attached hydrogens (tertiary/aromatic N) is 2. The molecule has 0 spiro atoms. The molecular formula is C14H22N2O4S. The van der Waals surface area contributed by atoms with Crippen molar-refractivity contribution in [2.24, 2.45) is 0 Å². The van der Waals surface area contributed by atoms with E-state index in [4.69, 9.17) is 4.74 Å². The molecule has 1 aliphatic rings. The van der Waals surface area contributed by atoms with Crippen LogP contribution in [-0.4, -0.2) is 68.7 Å². The van der Waals surface area contributed by atoms with Crippen molar-refractivity contribution < 1.29 is 18.3 Å². The Morgan fingerprint density at radius 1 is 1.29 bits per heavy atom. The standard InChI is InChI=1S/C14H22N2O4S/c1-12(17)11-15-6-8-16(9-7-15)21(18,19)14-5-3-4-13(10-14)20-2/h3-5,10,12,17H,6-9,11H2,1-2H3/t12-/m1/s1. The molecule has 21 heavy (non-hydrogen) atoms. The number of hydrogen-bond acceptors (Lipinski definition) is 5. The van der Waals surface area contributed by atoms with Gasteiger partial charge in [0.25, 0.3) is 0 Å². The van der Waals surface area contributed by atoms with Gasteiger partial charge in [0, 0.05) is 38.8 Å². The van der Waals surface area contributed by atoms with Crippen molar-refractivity contribution in [3.63, 3.8) is 0 Å². The van der Waals surface area contributed by atoms with Gasteiger partial charge in [0.05, 0.1) is 18.1 Å². The molecule has 2 rings (SSSR count). The van der Waals surface area contributed by atoms with Crippen molar-refractivity contribution in [3.8, 4) is 5.75 Å². The third-order valence-corrected chi connectivity index (χ3v) is 5.43. The molecule has 1 fully saturated rings. The Kier molecular flexibility index (Phi) is 5.21. The number of methoxy groups -OCH3 is 1. The lowest BCUT2D eigenvalue weighted by Crippen LogP contribution is -2.50. The van der Waals surface area contributed by atoms with E-state index in [-0.39, 0.29) is 4.90 Å². The van der Waals surface area contributed by atoms with Crippen LogP contribution in [0.15, 0.2) is 29.2 Å². The number of sulfonamides is 1. The summed E-state index contributed by atoms with van der Waals surface area (Å²) in [6.45, 7) is 4.45. The molecular weight excluding hydrogens is 292 g/mol. The second kappa shape index (κ2) is 6.74. The zero-order chi connectivity index (χ0) is 15.5. The Bertz CT molecular complexity index is 566. The summed E-state index contributed by atoms with van der Waals surface area (Å²) in [5.74, 6) is 0.531. The molecule has 118 valence electrons. The van der Waals surface area contributed by atoms with Crippen LogP contribution < -0.4 is 4.74 Å². The van der Waals surface area contributed by atoms with Gasteiger partial charge in [-0.15, -0.1) is 0 Å². The summed E-state index contributed by atoms with van der Waals surface area (Å²) in [5.41, 5.74) is 0. The Morgan fingerprint density at radius 2 is 1.95 bits per heavy atom. The summed E-state index contributed by atoms with van der Waals surface area (Å²) in [6.07, 6.45) is -0.397. The molecule has 0 amide bonds. The van der Waals surface area contributed by atoms with E-state index in [1.807, 2.05) is 0 Å². The Hall–Kier alpha value is -1.15. The van der Waals surface area contributed by atoms with Crippen molar-refractivity contribution in [1.29, 1.82) is 0 Å². The number of β-amino-alcohol motifs (C(OH)–C–C–N with tert-alkyl or cyclic N) is 1. The maximum absolute atomic E-state index is 12.6. The second-order valence-corrected chi connectivity index (χ2v) is 7.17. The third-order valence-electron chi connectivity index (χ3n) is 3.53. The molecule has 0 radical (unpaired) electrons. The first kappa shape index (κ1) is 16.2. The number of benzene rings is 1. The van der Waals surface area contributed by atoms with Gasteiger partial charge < -0.3 is 9.84 Å². The fourth-order valence-corrected chi connectivity index (χ4v) is 3.89. The van der Waals surface area contributed by atoms with E-state index >= 15 is 0 Å². The largest absolute Gasteiger partial charge is 0.497 e. The second-order valence-electron chi connectivity index (χ2n) is 5.23. The third kappa shape index (κ3) is 3.94. The Morgan fingerprint density at radius 3 is 2.52 bits per heavy atom. The van der Waals surface area contributed by atoms with E-state index in [9.17, 15) is 13.5 Å². The van der Waals surface area contributed by atoms with Gasteiger partial charge in [-0.3, -0.25) is 4.90 Å². The quantitative estimate of drug-likeness (QED) is 0.851. The molecule has 0 saturated carbocycles. The molecule has 6 nitrogen and oxygen atoms in total. The molecule has 7 heteroatoms. The first-order chi connectivity index (χ1) is 9.93. The fourth-order valence-electron chi connectivity index (χ4n) is 2.44. The topological polar surface area (TPSA) is 70.1 Å². The molecule has 1 N–H and O–H groups in total. The number of aliphatic hydroxyl groups excluding tert-OH is 1. The van der Waals surface area contributed by atoms with Crippen LogP contribution in [-0.2, 0) is 10.0 Å². The van der Waals surface area contributed by atoms with Crippen molar-refractivity contribution in [1.82, 2.24) is 9.21 Å². The zero-order valence-electron chi connectivity index (χ0n) is 12.4. The van der Waals surface area contributed by atoms with Crippen LogP contribution in [0.4, 0.5) is 0 Å². The summed E-state index contributed by atoms with van der Waals surface area (Å²) in [6, 6.07) is 6.52. The van der Waals surface area contributed by atoms with Crippen LogP contribution in [0, 0.1) is 0 Å². The first-order valence-corrected chi connectivity index (χ1v) is 8.42. The highest BCUT2D eigenvalue weighted by Gasteiger charge is 2.28. The minimum absolute atomic E-state index is 0.255. The number of hydrogen-bond donors (Lipinski definition) is 1. The number of rotatable bonds is 5. The number of ether oxygens (including phenoxy) is 1. The SMILES string of the molecule is COc1cccc(S(=O)(=O)N2CCN(C[C@@H](C)O)CC2)c1. The molecule has 0 aliphatic carbocycles. The van der Waals surface area contributed by atoms with E-state index in [0.29, 0.717) is 38.5 Å².